The summed E-state index contributed by atoms with van der Waals surface area (Å²) in [6, 6.07) is 3.53. The minimum Gasteiger partial charge on any atom is -0.394 e. The molecule has 1 aliphatic rings. The predicted molar refractivity (Wildman–Crippen MR) is 77.3 cm³/mol. The van der Waals surface area contributed by atoms with Gasteiger partial charge in [0, 0.05) is 22.8 Å². The first kappa shape index (κ1) is 14.3. The minimum absolute atomic E-state index is 0.00199. The van der Waals surface area contributed by atoms with E-state index in [2.05, 4.69) is 21.2 Å². The monoisotopic (exact) mass is 328 g/mol. The SMILES string of the molecule is CN(c1cc2c(cc1Br)C(O)C(=O)N2)C(C)(C)CO. The Morgan fingerprint density at radius 1 is 1.47 bits per heavy atom. The number of fused-ring (bicyclic) bond motifs is 1. The van der Waals surface area contributed by atoms with Crippen molar-refractivity contribution in [2.45, 2.75) is 25.5 Å². The first-order chi connectivity index (χ1) is 8.77. The van der Waals surface area contributed by atoms with Crippen LogP contribution in [0.3, 0.4) is 0 Å². The van der Waals surface area contributed by atoms with E-state index in [4.69, 9.17) is 0 Å². The Morgan fingerprint density at radius 3 is 2.68 bits per heavy atom. The van der Waals surface area contributed by atoms with Crippen LogP contribution >= 0.6 is 15.9 Å². The fourth-order valence-electron chi connectivity index (χ4n) is 1.94. The number of carbonyl (C=O) groups excluding carboxylic acids is 1. The predicted octanol–water partition coefficient (Wildman–Crippen LogP) is 1.64. The standard InChI is InChI=1S/C13H17BrN2O3/c1-13(2,6-17)16(3)10-5-9-7(4-8(10)14)11(18)12(19)15-9/h4-5,11,17-18H,6H2,1-3H3,(H,15,19). The van der Waals surface area contributed by atoms with E-state index in [0.717, 1.165) is 10.2 Å². The van der Waals surface area contributed by atoms with Gasteiger partial charge >= 0.3 is 0 Å². The van der Waals surface area contributed by atoms with Crippen molar-refractivity contribution in [2.75, 3.05) is 23.9 Å². The normalized spacial score (nSPS) is 18.2. The number of nitrogens with zero attached hydrogens (tertiary/aromatic N) is 1. The lowest BCUT2D eigenvalue weighted by Gasteiger charge is -2.36. The molecule has 0 spiro atoms. The van der Waals surface area contributed by atoms with Gasteiger partial charge in [-0.3, -0.25) is 4.79 Å². The summed E-state index contributed by atoms with van der Waals surface area (Å²) in [7, 11) is 1.87. The van der Waals surface area contributed by atoms with Crippen LogP contribution in [0.1, 0.15) is 25.5 Å². The number of halogens is 1. The molecule has 0 aliphatic carbocycles. The molecule has 1 aromatic rings. The maximum absolute atomic E-state index is 11.4. The van der Waals surface area contributed by atoms with Crippen molar-refractivity contribution in [3.05, 3.63) is 22.2 Å². The number of amides is 1. The molecule has 1 amide bonds. The fraction of sp³-hybridized carbons (Fsp3) is 0.462. The molecule has 0 saturated heterocycles. The Bertz CT molecular complexity index is 531. The molecule has 0 saturated carbocycles. The molecule has 104 valence electrons. The average Bonchev–Trinajstić information content (AvgIpc) is 2.64. The van der Waals surface area contributed by atoms with Crippen molar-refractivity contribution in [2.24, 2.45) is 0 Å². The lowest BCUT2D eigenvalue weighted by atomic mass is 10.0. The van der Waals surface area contributed by atoms with Gasteiger partial charge in [0.15, 0.2) is 6.10 Å². The molecule has 1 unspecified atom stereocenters. The molecule has 0 bridgehead atoms. The number of aliphatic hydroxyl groups is 2. The van der Waals surface area contributed by atoms with Crippen LogP contribution in [0.25, 0.3) is 0 Å². The first-order valence-corrected chi connectivity index (χ1v) is 6.74. The van der Waals surface area contributed by atoms with Crippen molar-refractivity contribution in [1.29, 1.82) is 0 Å². The zero-order valence-electron chi connectivity index (χ0n) is 11.1. The largest absolute Gasteiger partial charge is 0.394 e. The topological polar surface area (TPSA) is 72.8 Å². The van der Waals surface area contributed by atoms with Gasteiger partial charge in [-0.25, -0.2) is 0 Å². The Kier molecular flexibility index (Phi) is 3.59. The van der Waals surface area contributed by atoms with E-state index in [1.54, 1.807) is 12.1 Å². The maximum Gasteiger partial charge on any atom is 0.257 e. The lowest BCUT2D eigenvalue weighted by molar-refractivity contribution is -0.123. The van der Waals surface area contributed by atoms with Gasteiger partial charge in [-0.2, -0.15) is 0 Å². The molecule has 1 aliphatic heterocycles. The summed E-state index contributed by atoms with van der Waals surface area (Å²) in [4.78, 5) is 13.4. The minimum atomic E-state index is -1.11. The van der Waals surface area contributed by atoms with Crippen molar-refractivity contribution in [3.63, 3.8) is 0 Å². The van der Waals surface area contributed by atoms with E-state index < -0.39 is 17.6 Å². The van der Waals surface area contributed by atoms with Gasteiger partial charge in [-0.15, -0.1) is 0 Å². The average molecular weight is 329 g/mol. The number of carbonyl (C=O) groups is 1. The van der Waals surface area contributed by atoms with E-state index in [1.807, 2.05) is 25.8 Å². The number of aliphatic hydroxyl groups excluding tert-OH is 2. The second kappa shape index (κ2) is 4.77. The Hall–Kier alpha value is -1.11. The van der Waals surface area contributed by atoms with Crippen LogP contribution in [-0.2, 0) is 4.79 Å². The molecule has 0 aromatic heterocycles. The summed E-state index contributed by atoms with van der Waals surface area (Å²) >= 11 is 3.45. The van der Waals surface area contributed by atoms with E-state index in [9.17, 15) is 15.0 Å². The Morgan fingerprint density at radius 2 is 2.11 bits per heavy atom. The third-order valence-electron chi connectivity index (χ3n) is 3.58. The fourth-order valence-corrected chi connectivity index (χ4v) is 2.57. The van der Waals surface area contributed by atoms with Crippen molar-refractivity contribution in [1.82, 2.24) is 0 Å². The third kappa shape index (κ3) is 2.35. The van der Waals surface area contributed by atoms with Crippen molar-refractivity contribution in [3.8, 4) is 0 Å². The molecule has 5 nitrogen and oxygen atoms in total. The second-order valence-corrected chi connectivity index (χ2v) is 6.17. The first-order valence-electron chi connectivity index (χ1n) is 5.95. The second-order valence-electron chi connectivity index (χ2n) is 5.31. The van der Waals surface area contributed by atoms with E-state index in [1.165, 1.54) is 0 Å². The van der Waals surface area contributed by atoms with Crippen LogP contribution < -0.4 is 10.2 Å². The summed E-state index contributed by atoms with van der Waals surface area (Å²) in [5.74, 6) is -0.414. The summed E-state index contributed by atoms with van der Waals surface area (Å²) < 4.78 is 0.769. The zero-order valence-corrected chi connectivity index (χ0v) is 12.7. The quantitative estimate of drug-likeness (QED) is 0.788. The number of rotatable bonds is 3. The van der Waals surface area contributed by atoms with Crippen molar-refractivity contribution >= 4 is 33.2 Å². The van der Waals surface area contributed by atoms with Gasteiger partial charge in [-0.05, 0) is 41.9 Å². The highest BCUT2D eigenvalue weighted by Crippen LogP contribution is 2.40. The zero-order chi connectivity index (χ0) is 14.4. The van der Waals surface area contributed by atoms with Gasteiger partial charge in [0.25, 0.3) is 5.91 Å². The van der Waals surface area contributed by atoms with E-state index in [0.29, 0.717) is 11.3 Å². The van der Waals surface area contributed by atoms with Gasteiger partial charge in [-0.1, -0.05) is 0 Å². The molecule has 1 heterocycles. The molecule has 19 heavy (non-hydrogen) atoms. The van der Waals surface area contributed by atoms with Gasteiger partial charge in [0.05, 0.1) is 17.8 Å². The number of likely N-dealkylation sites (N-methyl/N-ethyl adjacent to an activating group) is 1. The highest BCUT2D eigenvalue weighted by molar-refractivity contribution is 9.10. The van der Waals surface area contributed by atoms with E-state index in [-0.39, 0.29) is 6.61 Å². The number of hydrogen-bond donors (Lipinski definition) is 3. The van der Waals surface area contributed by atoms with Crippen LogP contribution in [0.5, 0.6) is 0 Å². The molecule has 1 aromatic carbocycles. The van der Waals surface area contributed by atoms with Crippen molar-refractivity contribution < 1.29 is 15.0 Å². The van der Waals surface area contributed by atoms with Crippen LogP contribution in [0.15, 0.2) is 16.6 Å². The molecule has 1 atom stereocenters. The molecular weight excluding hydrogens is 312 g/mol. The summed E-state index contributed by atoms with van der Waals surface area (Å²) in [6.07, 6.45) is -1.11. The summed E-state index contributed by atoms with van der Waals surface area (Å²) in [6.45, 7) is 3.84. The third-order valence-corrected chi connectivity index (χ3v) is 4.21. The van der Waals surface area contributed by atoms with Crippen LogP contribution in [-0.4, -0.2) is 35.3 Å². The number of anilines is 2. The lowest BCUT2D eigenvalue weighted by Crippen LogP contribution is -2.44. The maximum atomic E-state index is 11.4. The van der Waals surface area contributed by atoms with Gasteiger partial charge in [0.1, 0.15) is 0 Å². The van der Waals surface area contributed by atoms with Crippen LogP contribution in [0.4, 0.5) is 11.4 Å². The Labute approximate surface area is 120 Å². The molecule has 2 rings (SSSR count). The van der Waals surface area contributed by atoms with Gasteiger partial charge in [0.2, 0.25) is 0 Å². The summed E-state index contributed by atoms with van der Waals surface area (Å²) in [5, 5.41) is 21.8. The molecule has 3 N–H and O–H groups in total. The highest BCUT2D eigenvalue weighted by atomic mass is 79.9. The molecule has 6 heteroatoms. The number of benzene rings is 1. The smallest absolute Gasteiger partial charge is 0.257 e. The van der Waals surface area contributed by atoms with E-state index >= 15 is 0 Å². The van der Waals surface area contributed by atoms with Crippen LogP contribution in [0.2, 0.25) is 0 Å². The Balaban J connectivity index is 2.46. The number of nitrogens with one attached hydrogen (secondary N) is 1. The number of hydrogen-bond acceptors (Lipinski definition) is 4. The molecule has 0 fully saturated rings. The molecular formula is C13H17BrN2O3. The van der Waals surface area contributed by atoms with Gasteiger partial charge < -0.3 is 20.4 Å². The van der Waals surface area contributed by atoms with Crippen LogP contribution in [0, 0.1) is 0 Å². The molecule has 0 radical (unpaired) electrons. The highest BCUT2D eigenvalue weighted by Gasteiger charge is 2.31. The summed E-state index contributed by atoms with van der Waals surface area (Å²) in [5.41, 5.74) is 1.58.